The van der Waals surface area contributed by atoms with Gasteiger partial charge in [0.2, 0.25) is 5.91 Å². The number of hydrogen-bond acceptors (Lipinski definition) is 5. The van der Waals surface area contributed by atoms with Crippen molar-refractivity contribution in [2.45, 2.75) is 13.0 Å². The fourth-order valence-electron chi connectivity index (χ4n) is 2.68. The Morgan fingerprint density at radius 1 is 1.25 bits per heavy atom. The van der Waals surface area contributed by atoms with Crippen LogP contribution in [-0.4, -0.2) is 48.0 Å². The van der Waals surface area contributed by atoms with Crippen LogP contribution in [0.25, 0.3) is 0 Å². The highest BCUT2D eigenvalue weighted by atomic mass is 35.5. The minimum atomic E-state index is -0.254. The molecular weight excluding hydrogens is 367 g/mol. The van der Waals surface area contributed by atoms with E-state index in [2.05, 4.69) is 20.1 Å². The summed E-state index contributed by atoms with van der Waals surface area (Å²) in [5.41, 5.74) is 0.471. The number of nitrogens with zero attached hydrogens (tertiary/aromatic N) is 3. The van der Waals surface area contributed by atoms with Crippen LogP contribution in [0.15, 0.2) is 29.8 Å². The number of rotatable bonds is 4. The van der Waals surface area contributed by atoms with Crippen LogP contribution < -0.4 is 10.2 Å². The monoisotopic (exact) mass is 384 g/mol. The van der Waals surface area contributed by atoms with Gasteiger partial charge in [0.05, 0.1) is 21.8 Å². The normalized spacial score (nSPS) is 16.9. The molecule has 2 aromatic rings. The van der Waals surface area contributed by atoms with Gasteiger partial charge in [-0.1, -0.05) is 29.3 Å². The number of aromatic nitrogens is 1. The third kappa shape index (κ3) is 3.83. The Morgan fingerprint density at radius 2 is 1.92 bits per heavy atom. The second-order valence-electron chi connectivity index (χ2n) is 5.60. The lowest BCUT2D eigenvalue weighted by Gasteiger charge is -2.37. The third-order valence-corrected chi connectivity index (χ3v) is 5.60. The van der Waals surface area contributed by atoms with Crippen molar-refractivity contribution in [2.75, 3.05) is 36.4 Å². The number of thiazole rings is 1. The molecule has 0 aliphatic carbocycles. The molecule has 0 saturated carbocycles. The van der Waals surface area contributed by atoms with Gasteiger partial charge in [-0.2, -0.15) is 0 Å². The van der Waals surface area contributed by atoms with E-state index in [9.17, 15) is 4.79 Å². The molecule has 0 spiro atoms. The Hall–Kier alpha value is -1.34. The summed E-state index contributed by atoms with van der Waals surface area (Å²) in [7, 11) is 0. The largest absolute Gasteiger partial charge is 0.346 e. The molecule has 5 nitrogen and oxygen atoms in total. The van der Waals surface area contributed by atoms with E-state index in [-0.39, 0.29) is 11.9 Å². The van der Waals surface area contributed by atoms with Crippen molar-refractivity contribution in [2.24, 2.45) is 0 Å². The Labute approximate surface area is 155 Å². The lowest BCUT2D eigenvalue weighted by atomic mass is 10.2. The Morgan fingerprint density at radius 3 is 2.50 bits per heavy atom. The van der Waals surface area contributed by atoms with Crippen LogP contribution >= 0.6 is 34.5 Å². The zero-order chi connectivity index (χ0) is 17.1. The van der Waals surface area contributed by atoms with Crippen LogP contribution in [0.3, 0.4) is 0 Å². The first-order valence-electron chi connectivity index (χ1n) is 7.69. The summed E-state index contributed by atoms with van der Waals surface area (Å²) < 4.78 is 0. The van der Waals surface area contributed by atoms with Crippen molar-refractivity contribution in [3.63, 3.8) is 0 Å². The molecule has 1 fully saturated rings. The van der Waals surface area contributed by atoms with Crippen LogP contribution in [-0.2, 0) is 4.79 Å². The number of carbonyl (C=O) groups excluding carboxylic acids is 1. The van der Waals surface area contributed by atoms with Crippen molar-refractivity contribution in [3.05, 3.63) is 39.8 Å². The first kappa shape index (κ1) is 17.5. The topological polar surface area (TPSA) is 48.5 Å². The molecule has 24 heavy (non-hydrogen) atoms. The van der Waals surface area contributed by atoms with Gasteiger partial charge >= 0.3 is 0 Å². The summed E-state index contributed by atoms with van der Waals surface area (Å²) in [6, 6.07) is 4.92. The van der Waals surface area contributed by atoms with Gasteiger partial charge in [0.25, 0.3) is 0 Å². The van der Waals surface area contributed by atoms with E-state index in [4.69, 9.17) is 23.2 Å². The molecule has 2 heterocycles. The van der Waals surface area contributed by atoms with E-state index in [1.165, 1.54) is 0 Å². The van der Waals surface area contributed by atoms with Gasteiger partial charge in [-0.25, -0.2) is 4.98 Å². The van der Waals surface area contributed by atoms with Crippen molar-refractivity contribution in [1.82, 2.24) is 9.88 Å². The van der Waals surface area contributed by atoms with Gasteiger partial charge in [0.15, 0.2) is 5.13 Å². The van der Waals surface area contributed by atoms with Crippen LogP contribution in [0, 0.1) is 0 Å². The van der Waals surface area contributed by atoms with E-state index in [0.717, 1.165) is 31.3 Å². The van der Waals surface area contributed by atoms with Crippen molar-refractivity contribution < 1.29 is 4.79 Å². The van der Waals surface area contributed by atoms with Crippen molar-refractivity contribution in [1.29, 1.82) is 0 Å². The SMILES string of the molecule is C[C@H](C(=O)Nc1c(Cl)cccc1Cl)N1CCN(c2nccs2)CC1. The summed E-state index contributed by atoms with van der Waals surface area (Å²) in [5, 5.41) is 6.74. The maximum Gasteiger partial charge on any atom is 0.241 e. The number of halogens is 2. The van der Waals surface area contributed by atoms with E-state index in [1.807, 2.05) is 18.5 Å². The van der Waals surface area contributed by atoms with Crippen LogP contribution in [0.2, 0.25) is 10.0 Å². The first-order valence-corrected chi connectivity index (χ1v) is 9.33. The highest BCUT2D eigenvalue weighted by molar-refractivity contribution is 7.13. The Bertz CT molecular complexity index is 682. The summed E-state index contributed by atoms with van der Waals surface area (Å²) >= 11 is 13.9. The van der Waals surface area contributed by atoms with Crippen molar-refractivity contribution in [3.8, 4) is 0 Å². The van der Waals surface area contributed by atoms with Crippen LogP contribution in [0.5, 0.6) is 0 Å². The van der Waals surface area contributed by atoms with Gasteiger partial charge in [-0.15, -0.1) is 11.3 Å². The van der Waals surface area contributed by atoms with E-state index in [0.29, 0.717) is 15.7 Å². The molecule has 1 saturated heterocycles. The average molecular weight is 385 g/mol. The van der Waals surface area contributed by atoms with Crippen LogP contribution in [0.4, 0.5) is 10.8 Å². The summed E-state index contributed by atoms with van der Waals surface area (Å²) in [6.45, 7) is 5.24. The first-order chi connectivity index (χ1) is 11.6. The molecule has 1 N–H and O–H groups in total. The number of para-hydroxylation sites is 1. The lowest BCUT2D eigenvalue weighted by molar-refractivity contribution is -0.120. The highest BCUT2D eigenvalue weighted by Gasteiger charge is 2.27. The van der Waals surface area contributed by atoms with E-state index < -0.39 is 0 Å². The maximum absolute atomic E-state index is 12.5. The van der Waals surface area contributed by atoms with Gasteiger partial charge in [0.1, 0.15) is 0 Å². The minimum absolute atomic E-state index is 0.104. The number of piperazine rings is 1. The third-order valence-electron chi connectivity index (χ3n) is 4.14. The summed E-state index contributed by atoms with van der Waals surface area (Å²) in [6.07, 6.45) is 1.82. The average Bonchev–Trinajstić information content (AvgIpc) is 3.12. The molecule has 1 aromatic heterocycles. The zero-order valence-corrected chi connectivity index (χ0v) is 15.5. The smallest absolute Gasteiger partial charge is 0.241 e. The van der Waals surface area contributed by atoms with Gasteiger partial charge in [0, 0.05) is 37.8 Å². The molecule has 1 aromatic carbocycles. The second kappa shape index (κ2) is 7.70. The minimum Gasteiger partial charge on any atom is -0.346 e. The molecular formula is C16H18Cl2N4OS. The molecule has 128 valence electrons. The number of amides is 1. The number of nitrogens with one attached hydrogen (secondary N) is 1. The Balaban J connectivity index is 1.59. The molecule has 0 radical (unpaired) electrons. The number of anilines is 2. The molecule has 1 atom stereocenters. The molecule has 8 heteroatoms. The Kier molecular flexibility index (Phi) is 5.61. The van der Waals surface area contributed by atoms with Crippen molar-refractivity contribution >= 4 is 51.3 Å². The van der Waals surface area contributed by atoms with Gasteiger partial charge < -0.3 is 10.2 Å². The summed E-state index contributed by atoms with van der Waals surface area (Å²) in [5.74, 6) is -0.104. The van der Waals surface area contributed by atoms with Gasteiger partial charge in [-0.05, 0) is 19.1 Å². The zero-order valence-electron chi connectivity index (χ0n) is 13.2. The molecule has 1 aliphatic heterocycles. The standard InChI is InChI=1S/C16H18Cl2N4OS/c1-11(15(23)20-14-12(17)3-2-4-13(14)18)21-6-8-22(9-7-21)16-19-5-10-24-16/h2-5,10-11H,6-9H2,1H3,(H,20,23)/t11-/m1/s1. The fraction of sp³-hybridized carbons (Fsp3) is 0.375. The molecule has 0 unspecified atom stereocenters. The quantitative estimate of drug-likeness (QED) is 0.874. The van der Waals surface area contributed by atoms with Gasteiger partial charge in [-0.3, -0.25) is 9.69 Å². The van der Waals surface area contributed by atoms with E-state index in [1.54, 1.807) is 29.5 Å². The number of hydrogen-bond donors (Lipinski definition) is 1. The fourth-order valence-corrected chi connectivity index (χ4v) is 3.87. The molecule has 1 amide bonds. The highest BCUT2D eigenvalue weighted by Crippen LogP contribution is 2.30. The van der Waals surface area contributed by atoms with Crippen LogP contribution in [0.1, 0.15) is 6.92 Å². The predicted octanol–water partition coefficient (Wildman–Crippen LogP) is 3.60. The second-order valence-corrected chi connectivity index (χ2v) is 7.29. The predicted molar refractivity (Wildman–Crippen MR) is 100 cm³/mol. The molecule has 0 bridgehead atoms. The summed E-state index contributed by atoms with van der Waals surface area (Å²) in [4.78, 5) is 21.3. The number of benzene rings is 1. The maximum atomic E-state index is 12.5. The molecule has 1 aliphatic rings. The number of carbonyl (C=O) groups is 1. The lowest BCUT2D eigenvalue weighted by Crippen LogP contribution is -2.52. The molecule has 3 rings (SSSR count). The van der Waals surface area contributed by atoms with E-state index >= 15 is 0 Å².